The molecule has 2 rings (SSSR count). The Morgan fingerprint density at radius 2 is 2.19 bits per heavy atom. The second-order valence-electron chi connectivity index (χ2n) is 6.75. The molecule has 6 atom stereocenters. The second-order valence-corrected chi connectivity index (χ2v) is 6.75. The maximum Gasteiger partial charge on any atom is 0.308 e. The Morgan fingerprint density at radius 1 is 1.48 bits per heavy atom. The summed E-state index contributed by atoms with van der Waals surface area (Å²) in [4.78, 5) is 12.2. The highest BCUT2D eigenvalue weighted by molar-refractivity contribution is 5.72. The van der Waals surface area contributed by atoms with Crippen molar-refractivity contribution in [3.8, 4) is 0 Å². The Morgan fingerprint density at radius 3 is 2.81 bits per heavy atom. The van der Waals surface area contributed by atoms with E-state index in [9.17, 15) is 9.90 Å². The molecule has 0 unspecified atom stereocenters. The van der Waals surface area contributed by atoms with Gasteiger partial charge >= 0.3 is 5.97 Å². The zero-order chi connectivity index (χ0) is 15.6. The van der Waals surface area contributed by atoms with Gasteiger partial charge in [0, 0.05) is 12.5 Å². The van der Waals surface area contributed by atoms with E-state index in [1.807, 2.05) is 13.8 Å². The molecular weight excluding hydrogens is 264 g/mol. The highest BCUT2D eigenvalue weighted by atomic mass is 16.5. The molecule has 0 saturated carbocycles. The van der Waals surface area contributed by atoms with Crippen LogP contribution in [0.15, 0.2) is 23.8 Å². The minimum Gasteiger partial charge on any atom is -0.461 e. The SMILES string of the molecule is CC[C@H](C)C(=O)O[C@H]1C[C@H](C)C=C2C=C[C@H](C)[C@H](CO)[C@H]21. The Balaban J connectivity index is 2.23. The Kier molecular flexibility index (Phi) is 5.26. The molecule has 1 N–H and O–H groups in total. The first-order valence-corrected chi connectivity index (χ1v) is 8.19. The number of ether oxygens (including phenoxy) is 1. The summed E-state index contributed by atoms with van der Waals surface area (Å²) in [5.41, 5.74) is 1.23. The monoisotopic (exact) mass is 292 g/mol. The molecule has 2 aliphatic rings. The van der Waals surface area contributed by atoms with Crippen LogP contribution in [0.25, 0.3) is 0 Å². The summed E-state index contributed by atoms with van der Waals surface area (Å²) >= 11 is 0. The third kappa shape index (κ3) is 3.39. The highest BCUT2D eigenvalue weighted by Gasteiger charge is 2.41. The predicted molar refractivity (Wildman–Crippen MR) is 83.6 cm³/mol. The van der Waals surface area contributed by atoms with Crippen molar-refractivity contribution in [1.82, 2.24) is 0 Å². The highest BCUT2D eigenvalue weighted by Crippen LogP contribution is 2.42. The quantitative estimate of drug-likeness (QED) is 0.808. The van der Waals surface area contributed by atoms with Crippen molar-refractivity contribution in [2.24, 2.45) is 29.6 Å². The largest absolute Gasteiger partial charge is 0.461 e. The van der Waals surface area contributed by atoms with Gasteiger partial charge in [-0.1, -0.05) is 45.9 Å². The summed E-state index contributed by atoms with van der Waals surface area (Å²) in [5, 5.41) is 9.77. The van der Waals surface area contributed by atoms with Gasteiger partial charge in [-0.05, 0) is 36.2 Å². The van der Waals surface area contributed by atoms with Crippen LogP contribution in [-0.2, 0) is 9.53 Å². The summed E-state index contributed by atoms with van der Waals surface area (Å²) < 4.78 is 5.84. The minimum absolute atomic E-state index is 0.0567. The first-order chi connectivity index (χ1) is 9.97. The standard InChI is InChI=1S/C18H28O3/c1-5-12(3)18(20)21-16-9-11(2)8-14-7-6-13(4)15(10-19)17(14)16/h6-8,11-13,15-17,19H,5,9-10H2,1-4H3/t11-,12+,13+,15+,16+,17+/m1/s1. The zero-order valence-electron chi connectivity index (χ0n) is 13.6. The molecule has 0 fully saturated rings. The number of hydrogen-bond acceptors (Lipinski definition) is 3. The fourth-order valence-electron chi connectivity index (χ4n) is 3.49. The molecule has 0 heterocycles. The third-order valence-electron chi connectivity index (χ3n) is 5.09. The van der Waals surface area contributed by atoms with Gasteiger partial charge in [0.25, 0.3) is 0 Å². The molecule has 118 valence electrons. The Hall–Kier alpha value is -1.09. The predicted octanol–water partition coefficient (Wildman–Crippen LogP) is 3.34. The van der Waals surface area contributed by atoms with Gasteiger partial charge < -0.3 is 9.84 Å². The van der Waals surface area contributed by atoms with E-state index in [0.29, 0.717) is 11.8 Å². The van der Waals surface area contributed by atoms with E-state index in [0.717, 1.165) is 12.8 Å². The number of aliphatic hydroxyl groups excluding tert-OH is 1. The van der Waals surface area contributed by atoms with Gasteiger partial charge in [0.05, 0.1) is 5.92 Å². The lowest BCUT2D eigenvalue weighted by Gasteiger charge is -2.42. The molecule has 2 aliphatic carbocycles. The Labute approximate surface area is 128 Å². The van der Waals surface area contributed by atoms with Crippen molar-refractivity contribution in [2.45, 2.75) is 46.6 Å². The van der Waals surface area contributed by atoms with Gasteiger partial charge in [-0.2, -0.15) is 0 Å². The topological polar surface area (TPSA) is 46.5 Å². The molecule has 3 nitrogen and oxygen atoms in total. The van der Waals surface area contributed by atoms with Crippen molar-refractivity contribution in [3.63, 3.8) is 0 Å². The number of hydrogen-bond donors (Lipinski definition) is 1. The van der Waals surface area contributed by atoms with Crippen LogP contribution in [0.5, 0.6) is 0 Å². The third-order valence-corrected chi connectivity index (χ3v) is 5.09. The second kappa shape index (κ2) is 6.78. The van der Waals surface area contributed by atoms with Crippen LogP contribution < -0.4 is 0 Å². The molecular formula is C18H28O3. The van der Waals surface area contributed by atoms with Crippen LogP contribution in [-0.4, -0.2) is 23.8 Å². The van der Waals surface area contributed by atoms with E-state index in [4.69, 9.17) is 4.74 Å². The summed E-state index contributed by atoms with van der Waals surface area (Å²) in [7, 11) is 0. The van der Waals surface area contributed by atoms with Crippen molar-refractivity contribution in [2.75, 3.05) is 6.61 Å². The van der Waals surface area contributed by atoms with E-state index in [2.05, 4.69) is 32.1 Å². The lowest BCUT2D eigenvalue weighted by atomic mass is 9.67. The number of aliphatic hydroxyl groups is 1. The summed E-state index contributed by atoms with van der Waals surface area (Å²) in [6.07, 6.45) is 8.13. The molecule has 21 heavy (non-hydrogen) atoms. The minimum atomic E-state index is -0.106. The van der Waals surface area contributed by atoms with Crippen LogP contribution in [0.1, 0.15) is 40.5 Å². The van der Waals surface area contributed by atoms with Crippen LogP contribution >= 0.6 is 0 Å². The normalized spacial score (nSPS) is 36.6. The van der Waals surface area contributed by atoms with Gasteiger partial charge in [-0.3, -0.25) is 4.79 Å². The van der Waals surface area contributed by atoms with Gasteiger partial charge in [-0.25, -0.2) is 0 Å². The van der Waals surface area contributed by atoms with Crippen molar-refractivity contribution >= 4 is 5.97 Å². The lowest BCUT2D eigenvalue weighted by molar-refractivity contribution is -0.158. The van der Waals surface area contributed by atoms with E-state index in [-0.39, 0.29) is 36.4 Å². The average molecular weight is 292 g/mol. The molecule has 0 saturated heterocycles. The molecule has 0 aliphatic heterocycles. The summed E-state index contributed by atoms with van der Waals surface area (Å²) in [6.45, 7) is 8.34. The van der Waals surface area contributed by atoms with Crippen molar-refractivity contribution in [3.05, 3.63) is 23.8 Å². The molecule has 0 bridgehead atoms. The fourth-order valence-corrected chi connectivity index (χ4v) is 3.49. The number of rotatable bonds is 4. The average Bonchev–Trinajstić information content (AvgIpc) is 2.46. The van der Waals surface area contributed by atoms with Gasteiger partial charge in [0.1, 0.15) is 6.10 Å². The first kappa shape index (κ1) is 16.3. The number of carbonyl (C=O) groups is 1. The van der Waals surface area contributed by atoms with Crippen molar-refractivity contribution in [1.29, 1.82) is 0 Å². The molecule has 0 amide bonds. The first-order valence-electron chi connectivity index (χ1n) is 8.19. The zero-order valence-corrected chi connectivity index (χ0v) is 13.6. The van der Waals surface area contributed by atoms with Crippen LogP contribution in [0.4, 0.5) is 0 Å². The number of allylic oxidation sites excluding steroid dienone is 3. The van der Waals surface area contributed by atoms with Crippen LogP contribution in [0.2, 0.25) is 0 Å². The molecule has 0 aromatic heterocycles. The maximum atomic E-state index is 12.2. The molecule has 0 aromatic rings. The van der Waals surface area contributed by atoms with Crippen molar-refractivity contribution < 1.29 is 14.6 Å². The summed E-state index contributed by atoms with van der Waals surface area (Å²) in [5.74, 6) is 0.843. The molecule has 0 radical (unpaired) electrons. The molecule has 0 aromatic carbocycles. The molecule has 0 spiro atoms. The van der Waals surface area contributed by atoms with Gasteiger partial charge in [-0.15, -0.1) is 0 Å². The maximum absolute atomic E-state index is 12.2. The van der Waals surface area contributed by atoms with E-state index >= 15 is 0 Å². The number of fused-ring (bicyclic) bond motifs is 1. The van der Waals surface area contributed by atoms with Gasteiger partial charge in [0.2, 0.25) is 0 Å². The van der Waals surface area contributed by atoms with E-state index in [1.165, 1.54) is 5.57 Å². The van der Waals surface area contributed by atoms with Crippen LogP contribution in [0.3, 0.4) is 0 Å². The molecule has 3 heteroatoms. The van der Waals surface area contributed by atoms with E-state index in [1.54, 1.807) is 0 Å². The number of carbonyl (C=O) groups excluding carboxylic acids is 1. The summed E-state index contributed by atoms with van der Waals surface area (Å²) in [6, 6.07) is 0. The fraction of sp³-hybridized carbons (Fsp3) is 0.722. The number of esters is 1. The Bertz CT molecular complexity index is 438. The van der Waals surface area contributed by atoms with E-state index < -0.39 is 0 Å². The lowest BCUT2D eigenvalue weighted by Crippen LogP contribution is -2.42. The smallest absolute Gasteiger partial charge is 0.308 e. The van der Waals surface area contributed by atoms with Gasteiger partial charge in [0.15, 0.2) is 0 Å². The van der Waals surface area contributed by atoms with Crippen LogP contribution in [0, 0.1) is 29.6 Å².